The maximum atomic E-state index is 12.4. The zero-order valence-electron chi connectivity index (χ0n) is 12.2. The van der Waals surface area contributed by atoms with E-state index in [2.05, 4.69) is 0 Å². The first-order valence-corrected chi connectivity index (χ1v) is 7.76. The van der Waals surface area contributed by atoms with Crippen LogP contribution in [-0.4, -0.2) is 50.5 Å². The Morgan fingerprint density at radius 3 is 2.57 bits per heavy atom. The van der Waals surface area contributed by atoms with Crippen molar-refractivity contribution < 1.29 is 23.1 Å². The fraction of sp³-hybridized carbons (Fsp3) is 0.462. The third-order valence-corrected chi connectivity index (χ3v) is 4.86. The van der Waals surface area contributed by atoms with Crippen molar-refractivity contribution in [2.75, 3.05) is 20.7 Å². The Bertz CT molecular complexity index is 613. The largest absolute Gasteiger partial charge is 0.496 e. The van der Waals surface area contributed by atoms with E-state index < -0.39 is 22.0 Å². The van der Waals surface area contributed by atoms with E-state index in [1.807, 2.05) is 0 Å². The summed E-state index contributed by atoms with van der Waals surface area (Å²) < 4.78 is 30.8. The van der Waals surface area contributed by atoms with Gasteiger partial charge in [0.1, 0.15) is 5.75 Å². The molecule has 0 aliphatic carbocycles. The number of nitrogens with two attached hydrogens (primary N) is 1. The van der Waals surface area contributed by atoms with E-state index in [4.69, 9.17) is 10.5 Å². The fourth-order valence-corrected chi connectivity index (χ4v) is 2.92. The first-order valence-electron chi connectivity index (χ1n) is 6.32. The third-order valence-electron chi connectivity index (χ3n) is 3.01. The molecule has 0 heterocycles. The molecule has 0 saturated heterocycles. The van der Waals surface area contributed by atoms with Gasteiger partial charge in [-0.3, -0.25) is 4.79 Å². The molecule has 0 spiro atoms. The Labute approximate surface area is 124 Å². The Morgan fingerprint density at radius 2 is 2.10 bits per heavy atom. The van der Waals surface area contributed by atoms with Crippen molar-refractivity contribution in [3.63, 3.8) is 0 Å². The van der Waals surface area contributed by atoms with E-state index in [1.165, 1.54) is 32.4 Å². The molecule has 3 N–H and O–H groups in total. The topological polar surface area (TPSA) is 110 Å². The van der Waals surface area contributed by atoms with Crippen molar-refractivity contribution in [1.29, 1.82) is 0 Å². The van der Waals surface area contributed by atoms with Gasteiger partial charge in [-0.15, -0.1) is 0 Å². The quantitative estimate of drug-likeness (QED) is 0.746. The summed E-state index contributed by atoms with van der Waals surface area (Å²) in [7, 11) is -0.982. The van der Waals surface area contributed by atoms with E-state index in [-0.39, 0.29) is 22.8 Å². The van der Waals surface area contributed by atoms with Crippen molar-refractivity contribution >= 4 is 15.9 Å². The molecule has 1 unspecified atom stereocenters. The highest BCUT2D eigenvalue weighted by molar-refractivity contribution is 7.89. The highest BCUT2D eigenvalue weighted by atomic mass is 32.2. The number of amides is 1. The average molecular weight is 316 g/mol. The van der Waals surface area contributed by atoms with Crippen LogP contribution in [0.5, 0.6) is 5.75 Å². The van der Waals surface area contributed by atoms with Crippen LogP contribution in [0, 0.1) is 0 Å². The predicted molar refractivity (Wildman–Crippen MR) is 77.6 cm³/mol. The lowest BCUT2D eigenvalue weighted by atomic mass is 10.2. The minimum atomic E-state index is -3.76. The summed E-state index contributed by atoms with van der Waals surface area (Å²) in [5, 5.41) is 9.22. The zero-order valence-corrected chi connectivity index (χ0v) is 13.1. The first-order chi connectivity index (χ1) is 9.70. The van der Waals surface area contributed by atoms with Crippen molar-refractivity contribution in [3.05, 3.63) is 23.8 Å². The van der Waals surface area contributed by atoms with Crippen molar-refractivity contribution in [2.24, 2.45) is 5.73 Å². The fourth-order valence-electron chi connectivity index (χ4n) is 1.71. The Balaban J connectivity index is 3.14. The Kier molecular flexibility index (Phi) is 5.70. The van der Waals surface area contributed by atoms with E-state index >= 15 is 0 Å². The number of methoxy groups -OCH3 is 1. The number of carbonyl (C=O) groups is 1. The monoisotopic (exact) mass is 316 g/mol. The van der Waals surface area contributed by atoms with Gasteiger partial charge in [-0.05, 0) is 31.5 Å². The number of benzene rings is 1. The summed E-state index contributed by atoms with van der Waals surface area (Å²) in [6.07, 6.45) is -0.283. The zero-order chi connectivity index (χ0) is 16.2. The average Bonchev–Trinajstić information content (AvgIpc) is 2.43. The van der Waals surface area contributed by atoms with Crippen LogP contribution in [0.1, 0.15) is 23.7 Å². The maximum absolute atomic E-state index is 12.4. The van der Waals surface area contributed by atoms with Gasteiger partial charge in [-0.1, -0.05) is 0 Å². The molecule has 0 aliphatic heterocycles. The lowest BCUT2D eigenvalue weighted by molar-refractivity contribution is 0.0997. The number of sulfonamides is 1. The highest BCUT2D eigenvalue weighted by Crippen LogP contribution is 2.24. The van der Waals surface area contributed by atoms with Crippen LogP contribution < -0.4 is 10.5 Å². The SMILES string of the molecule is COc1ccc(S(=O)(=O)N(C)CCC(C)O)cc1C(N)=O. The number of ether oxygens (including phenoxy) is 1. The minimum Gasteiger partial charge on any atom is -0.496 e. The van der Waals surface area contributed by atoms with Gasteiger partial charge in [0.25, 0.3) is 5.91 Å². The lowest BCUT2D eigenvalue weighted by Gasteiger charge is -2.18. The van der Waals surface area contributed by atoms with Crippen molar-refractivity contribution in [3.8, 4) is 5.75 Å². The van der Waals surface area contributed by atoms with E-state index in [0.29, 0.717) is 6.42 Å². The molecule has 0 saturated carbocycles. The predicted octanol–water partition coefficient (Wildman–Crippen LogP) is 0.185. The third kappa shape index (κ3) is 4.16. The molecule has 0 aliphatic rings. The molecule has 1 atom stereocenters. The Morgan fingerprint density at radius 1 is 1.48 bits per heavy atom. The summed E-state index contributed by atoms with van der Waals surface area (Å²) in [5.41, 5.74) is 5.22. The van der Waals surface area contributed by atoms with Crippen molar-refractivity contribution in [1.82, 2.24) is 4.31 Å². The van der Waals surface area contributed by atoms with Crippen LogP contribution in [0.3, 0.4) is 0 Å². The van der Waals surface area contributed by atoms with Gasteiger partial charge in [0, 0.05) is 13.6 Å². The van der Waals surface area contributed by atoms with Crippen LogP contribution in [0.25, 0.3) is 0 Å². The van der Waals surface area contributed by atoms with Crippen LogP contribution >= 0.6 is 0 Å². The molecule has 21 heavy (non-hydrogen) atoms. The van der Waals surface area contributed by atoms with Crippen molar-refractivity contribution in [2.45, 2.75) is 24.3 Å². The van der Waals surface area contributed by atoms with Crippen LogP contribution in [-0.2, 0) is 10.0 Å². The molecular weight excluding hydrogens is 296 g/mol. The summed E-state index contributed by atoms with van der Waals surface area (Å²) >= 11 is 0. The van der Waals surface area contributed by atoms with Gasteiger partial charge in [0.2, 0.25) is 10.0 Å². The van der Waals surface area contributed by atoms with Crippen LogP contribution in [0.4, 0.5) is 0 Å². The molecular formula is C13H20N2O5S. The molecule has 8 heteroatoms. The molecule has 1 amide bonds. The van der Waals surface area contributed by atoms with E-state index in [1.54, 1.807) is 6.92 Å². The molecule has 1 rings (SSSR count). The number of hydrogen-bond donors (Lipinski definition) is 2. The second-order valence-electron chi connectivity index (χ2n) is 4.69. The number of carbonyl (C=O) groups excluding carboxylic acids is 1. The molecule has 0 fully saturated rings. The second kappa shape index (κ2) is 6.88. The van der Waals surface area contributed by atoms with Gasteiger partial charge >= 0.3 is 0 Å². The lowest BCUT2D eigenvalue weighted by Crippen LogP contribution is -2.30. The minimum absolute atomic E-state index is 0.00232. The molecule has 0 radical (unpaired) electrons. The summed E-state index contributed by atoms with van der Waals surface area (Å²) in [6.45, 7) is 1.75. The van der Waals surface area contributed by atoms with Gasteiger partial charge in [-0.2, -0.15) is 0 Å². The summed E-state index contributed by atoms with van der Waals surface area (Å²) in [5.74, 6) is -0.552. The Hall–Kier alpha value is -1.64. The van der Waals surface area contributed by atoms with Crippen LogP contribution in [0.2, 0.25) is 0 Å². The summed E-state index contributed by atoms with van der Waals surface area (Å²) in [6, 6.07) is 3.92. The molecule has 1 aromatic rings. The normalized spacial score (nSPS) is 13.2. The molecule has 7 nitrogen and oxygen atoms in total. The number of nitrogens with zero attached hydrogens (tertiary/aromatic N) is 1. The standard InChI is InChI=1S/C13H20N2O5S/c1-9(16)6-7-15(2)21(18,19)10-4-5-12(20-3)11(8-10)13(14)17/h4-5,8-9,16H,6-7H2,1-3H3,(H2,14,17). The molecule has 0 bridgehead atoms. The highest BCUT2D eigenvalue weighted by Gasteiger charge is 2.23. The van der Waals surface area contributed by atoms with E-state index in [9.17, 15) is 18.3 Å². The van der Waals surface area contributed by atoms with E-state index in [0.717, 1.165) is 4.31 Å². The van der Waals surface area contributed by atoms with Crippen LogP contribution in [0.15, 0.2) is 23.1 Å². The molecule has 1 aromatic carbocycles. The number of primary amides is 1. The van der Waals surface area contributed by atoms with Gasteiger partial charge < -0.3 is 15.6 Å². The number of hydrogen-bond acceptors (Lipinski definition) is 5. The maximum Gasteiger partial charge on any atom is 0.252 e. The van der Waals surface area contributed by atoms with Gasteiger partial charge in [0.15, 0.2) is 0 Å². The van der Waals surface area contributed by atoms with Gasteiger partial charge in [0.05, 0.1) is 23.7 Å². The smallest absolute Gasteiger partial charge is 0.252 e. The molecule has 118 valence electrons. The number of rotatable bonds is 7. The first kappa shape index (κ1) is 17.4. The second-order valence-corrected chi connectivity index (χ2v) is 6.74. The molecule has 0 aromatic heterocycles. The number of aliphatic hydroxyl groups is 1. The summed E-state index contributed by atoms with van der Waals surface area (Å²) in [4.78, 5) is 11.3. The van der Waals surface area contributed by atoms with Gasteiger partial charge in [-0.25, -0.2) is 12.7 Å². The number of aliphatic hydroxyl groups excluding tert-OH is 1.